The van der Waals surface area contributed by atoms with Crippen LogP contribution in [0.2, 0.25) is 0 Å². The Morgan fingerprint density at radius 1 is 1.33 bits per heavy atom. The standard InChI is InChI=1S/C16H29ClO/c1-6-16(7-2,8-3)15(17)18-13(5)14-10-9-12(4)11-14/h10,12-13,15H,6-9,11H2,1-5H3. The van der Waals surface area contributed by atoms with E-state index in [1.54, 1.807) is 0 Å². The summed E-state index contributed by atoms with van der Waals surface area (Å²) in [5, 5.41) is 0. The molecule has 2 heteroatoms. The normalized spacial score (nSPS) is 23.9. The summed E-state index contributed by atoms with van der Waals surface area (Å²) in [6.45, 7) is 11.1. The van der Waals surface area contributed by atoms with Crippen molar-refractivity contribution in [2.24, 2.45) is 11.3 Å². The van der Waals surface area contributed by atoms with Crippen molar-refractivity contribution in [3.8, 4) is 0 Å². The Bertz CT molecular complexity index is 273. The van der Waals surface area contributed by atoms with E-state index in [4.69, 9.17) is 16.3 Å². The summed E-state index contributed by atoms with van der Waals surface area (Å²) in [4.78, 5) is 0. The zero-order valence-corrected chi connectivity index (χ0v) is 13.4. The van der Waals surface area contributed by atoms with Crippen LogP contribution in [-0.4, -0.2) is 11.7 Å². The van der Waals surface area contributed by atoms with Crippen molar-refractivity contribution in [1.29, 1.82) is 0 Å². The van der Waals surface area contributed by atoms with Crippen molar-refractivity contribution in [3.05, 3.63) is 11.6 Å². The van der Waals surface area contributed by atoms with Gasteiger partial charge in [0, 0.05) is 5.41 Å². The summed E-state index contributed by atoms with van der Waals surface area (Å²) in [6.07, 6.45) is 8.10. The van der Waals surface area contributed by atoms with Crippen molar-refractivity contribution >= 4 is 11.6 Å². The largest absolute Gasteiger partial charge is 0.355 e. The molecule has 0 bridgehead atoms. The van der Waals surface area contributed by atoms with E-state index in [0.29, 0.717) is 0 Å². The fourth-order valence-corrected chi connectivity index (χ4v) is 3.51. The highest BCUT2D eigenvalue weighted by atomic mass is 35.5. The van der Waals surface area contributed by atoms with E-state index >= 15 is 0 Å². The predicted molar refractivity (Wildman–Crippen MR) is 80.0 cm³/mol. The fourth-order valence-electron chi connectivity index (χ4n) is 2.90. The third-order valence-corrected chi connectivity index (χ3v) is 5.37. The number of allylic oxidation sites excluding steroid dienone is 1. The lowest BCUT2D eigenvalue weighted by molar-refractivity contribution is -0.0230. The molecule has 1 rings (SSSR count). The topological polar surface area (TPSA) is 9.23 Å². The van der Waals surface area contributed by atoms with Crippen molar-refractivity contribution < 1.29 is 4.74 Å². The van der Waals surface area contributed by atoms with Gasteiger partial charge in [0.05, 0.1) is 6.10 Å². The fraction of sp³-hybridized carbons (Fsp3) is 0.875. The van der Waals surface area contributed by atoms with E-state index in [9.17, 15) is 0 Å². The number of rotatable bonds is 7. The molecular weight excluding hydrogens is 244 g/mol. The van der Waals surface area contributed by atoms with Crippen LogP contribution in [0.4, 0.5) is 0 Å². The van der Waals surface area contributed by atoms with Gasteiger partial charge in [-0.15, -0.1) is 0 Å². The molecule has 0 radical (unpaired) electrons. The van der Waals surface area contributed by atoms with E-state index < -0.39 is 0 Å². The minimum Gasteiger partial charge on any atom is -0.355 e. The molecule has 106 valence electrons. The first-order valence-corrected chi connectivity index (χ1v) is 7.91. The highest BCUT2D eigenvalue weighted by molar-refractivity contribution is 6.20. The third kappa shape index (κ3) is 3.51. The Labute approximate surface area is 118 Å². The Hall–Kier alpha value is -0.0100. The van der Waals surface area contributed by atoms with Gasteiger partial charge in [-0.2, -0.15) is 0 Å². The van der Waals surface area contributed by atoms with Crippen LogP contribution in [0.1, 0.15) is 66.7 Å². The molecule has 0 aromatic carbocycles. The van der Waals surface area contributed by atoms with Gasteiger partial charge in [0.15, 0.2) is 0 Å². The molecule has 3 unspecified atom stereocenters. The maximum atomic E-state index is 6.56. The van der Waals surface area contributed by atoms with Crippen LogP contribution in [0.5, 0.6) is 0 Å². The summed E-state index contributed by atoms with van der Waals surface area (Å²) in [5.74, 6) is 0.771. The summed E-state index contributed by atoms with van der Waals surface area (Å²) in [5.41, 5.74) is 1.38. The average molecular weight is 273 g/mol. The molecule has 18 heavy (non-hydrogen) atoms. The van der Waals surface area contributed by atoms with Crippen LogP contribution in [0.15, 0.2) is 11.6 Å². The van der Waals surface area contributed by atoms with Gasteiger partial charge in [0.25, 0.3) is 0 Å². The Kier molecular flexibility index (Phi) is 6.20. The zero-order valence-electron chi connectivity index (χ0n) is 12.6. The molecule has 0 aromatic rings. The van der Waals surface area contributed by atoms with Crippen LogP contribution >= 0.6 is 11.6 Å². The average Bonchev–Trinajstić information content (AvgIpc) is 2.79. The van der Waals surface area contributed by atoms with Gasteiger partial charge in [-0.3, -0.25) is 0 Å². The lowest BCUT2D eigenvalue weighted by atomic mass is 9.80. The third-order valence-electron chi connectivity index (χ3n) is 4.81. The first-order chi connectivity index (χ1) is 8.49. The first kappa shape index (κ1) is 16.0. The Morgan fingerprint density at radius 3 is 2.28 bits per heavy atom. The van der Waals surface area contributed by atoms with Gasteiger partial charge < -0.3 is 4.74 Å². The molecule has 0 saturated carbocycles. The van der Waals surface area contributed by atoms with Gasteiger partial charge in [-0.05, 0) is 50.5 Å². The monoisotopic (exact) mass is 272 g/mol. The van der Waals surface area contributed by atoms with Gasteiger partial charge >= 0.3 is 0 Å². The number of halogens is 1. The number of hydrogen-bond acceptors (Lipinski definition) is 1. The maximum Gasteiger partial charge on any atom is 0.137 e. The first-order valence-electron chi connectivity index (χ1n) is 7.47. The number of alkyl halides is 1. The zero-order chi connectivity index (χ0) is 13.8. The second-order valence-electron chi connectivity index (χ2n) is 5.84. The van der Waals surface area contributed by atoms with E-state index in [2.05, 4.69) is 40.7 Å². The predicted octanol–water partition coefficient (Wildman–Crippen LogP) is 5.53. The summed E-state index contributed by atoms with van der Waals surface area (Å²) < 4.78 is 6.12. The SMILES string of the molecule is CCC(CC)(CC)C(Cl)OC(C)C1=CCC(C)C1. The molecule has 0 heterocycles. The minimum absolute atomic E-state index is 0.126. The molecule has 3 atom stereocenters. The molecule has 0 N–H and O–H groups in total. The molecule has 0 aliphatic heterocycles. The number of ether oxygens (including phenoxy) is 1. The number of hydrogen-bond donors (Lipinski definition) is 0. The maximum absolute atomic E-state index is 6.56. The van der Waals surface area contributed by atoms with Crippen LogP contribution in [-0.2, 0) is 4.74 Å². The van der Waals surface area contributed by atoms with Crippen LogP contribution in [0.25, 0.3) is 0 Å². The second kappa shape index (κ2) is 6.96. The summed E-state index contributed by atoms with van der Waals surface area (Å²) in [7, 11) is 0. The highest BCUT2D eigenvalue weighted by Crippen LogP contribution is 2.40. The van der Waals surface area contributed by atoms with E-state index in [1.165, 1.54) is 18.4 Å². The molecule has 1 aliphatic carbocycles. The lowest BCUT2D eigenvalue weighted by Gasteiger charge is -2.36. The summed E-state index contributed by atoms with van der Waals surface area (Å²) >= 11 is 6.56. The Morgan fingerprint density at radius 2 is 1.89 bits per heavy atom. The molecule has 0 spiro atoms. The van der Waals surface area contributed by atoms with Crippen LogP contribution in [0, 0.1) is 11.3 Å². The quantitative estimate of drug-likeness (QED) is 0.437. The highest BCUT2D eigenvalue weighted by Gasteiger charge is 2.35. The molecule has 0 fully saturated rings. The molecular formula is C16H29ClO. The lowest BCUT2D eigenvalue weighted by Crippen LogP contribution is -2.34. The van der Waals surface area contributed by atoms with Crippen LogP contribution < -0.4 is 0 Å². The molecule has 0 saturated heterocycles. The van der Waals surface area contributed by atoms with Gasteiger partial charge in [-0.1, -0.05) is 45.4 Å². The van der Waals surface area contributed by atoms with Crippen molar-refractivity contribution in [3.63, 3.8) is 0 Å². The van der Waals surface area contributed by atoms with Gasteiger partial charge in [0.1, 0.15) is 5.56 Å². The van der Waals surface area contributed by atoms with Crippen molar-refractivity contribution in [2.45, 2.75) is 78.4 Å². The Balaban J connectivity index is 2.60. The van der Waals surface area contributed by atoms with Gasteiger partial charge in [-0.25, -0.2) is 0 Å². The molecule has 1 aliphatic rings. The molecule has 1 nitrogen and oxygen atoms in total. The van der Waals surface area contributed by atoms with Crippen molar-refractivity contribution in [1.82, 2.24) is 0 Å². The van der Waals surface area contributed by atoms with E-state index in [-0.39, 0.29) is 17.1 Å². The second-order valence-corrected chi connectivity index (χ2v) is 6.24. The van der Waals surface area contributed by atoms with E-state index in [1.807, 2.05) is 0 Å². The summed E-state index contributed by atoms with van der Waals surface area (Å²) in [6, 6.07) is 0. The van der Waals surface area contributed by atoms with Crippen LogP contribution in [0.3, 0.4) is 0 Å². The molecule has 0 amide bonds. The molecule has 0 aromatic heterocycles. The van der Waals surface area contributed by atoms with Crippen molar-refractivity contribution in [2.75, 3.05) is 0 Å². The smallest absolute Gasteiger partial charge is 0.137 e. The van der Waals surface area contributed by atoms with Gasteiger partial charge in [0.2, 0.25) is 0 Å². The van der Waals surface area contributed by atoms with E-state index in [0.717, 1.165) is 25.2 Å². The minimum atomic E-state index is -0.177.